The molecule has 1 aliphatic rings. The normalized spacial score (nSPS) is 46.6. The lowest BCUT2D eigenvalue weighted by Crippen LogP contribution is -2.55. The van der Waals surface area contributed by atoms with Crippen molar-refractivity contribution in [1.29, 1.82) is 0 Å². The van der Waals surface area contributed by atoms with Gasteiger partial charge in [0.15, 0.2) is 0 Å². The van der Waals surface area contributed by atoms with Gasteiger partial charge in [0.1, 0.15) is 18.4 Å². The monoisotopic (exact) mass is 390 g/mol. The van der Waals surface area contributed by atoms with E-state index in [9.17, 15) is 20.1 Å². The number of hydrogen-bond donors (Lipinski definition) is 4. The maximum Gasteiger partial charge on any atom is 0.311 e. The van der Waals surface area contributed by atoms with Crippen molar-refractivity contribution in [3.63, 3.8) is 0 Å². The van der Waals surface area contributed by atoms with Gasteiger partial charge in [0.05, 0.1) is 17.6 Å². The number of rotatable bonds is 1. The van der Waals surface area contributed by atoms with E-state index in [1.54, 1.807) is 25.8 Å². The molecule has 0 bridgehead atoms. The smallest absolute Gasteiger partial charge is 0.311 e. The fraction of sp³-hybridized carbons (Fsp3) is 0.947. The standard InChI is InChI=1S/C19H38N2O6/c1-11-8-18(5,24)14(4)12(2)15(27-20)13(3)16(22)26-10-19(6,25)17(23)21(7)9-11/h11-15,17,23-25H,8-10,20H2,1-7H3/t11-,12-,13?,14-,15+,17?,18-,19-/m1/s1. The largest absolute Gasteiger partial charge is 0.462 e. The van der Waals surface area contributed by atoms with Crippen LogP contribution < -0.4 is 5.90 Å². The first-order valence-electron chi connectivity index (χ1n) is 9.59. The molecule has 0 aliphatic carbocycles. The molecule has 1 saturated heterocycles. The van der Waals surface area contributed by atoms with Crippen LogP contribution in [-0.2, 0) is 14.4 Å². The molecule has 160 valence electrons. The summed E-state index contributed by atoms with van der Waals surface area (Å²) in [7, 11) is 1.69. The van der Waals surface area contributed by atoms with Crippen molar-refractivity contribution < 1.29 is 29.7 Å². The van der Waals surface area contributed by atoms with Gasteiger partial charge in [0.25, 0.3) is 0 Å². The molecule has 0 saturated carbocycles. The van der Waals surface area contributed by atoms with Gasteiger partial charge in [-0.15, -0.1) is 0 Å². The molecule has 27 heavy (non-hydrogen) atoms. The molecule has 8 heteroatoms. The Hall–Kier alpha value is -0.770. The summed E-state index contributed by atoms with van der Waals surface area (Å²) in [5.41, 5.74) is -2.67. The molecule has 1 aliphatic heterocycles. The van der Waals surface area contributed by atoms with Crippen molar-refractivity contribution in [2.75, 3.05) is 20.2 Å². The molecule has 1 heterocycles. The van der Waals surface area contributed by atoms with Gasteiger partial charge in [-0.05, 0) is 52.0 Å². The van der Waals surface area contributed by atoms with E-state index < -0.39 is 35.4 Å². The second-order valence-electron chi connectivity index (χ2n) is 8.98. The summed E-state index contributed by atoms with van der Waals surface area (Å²) in [6.07, 6.45) is -1.41. The molecule has 5 N–H and O–H groups in total. The molecule has 2 unspecified atom stereocenters. The zero-order chi connectivity index (χ0) is 21.2. The number of nitrogens with zero attached hydrogens (tertiary/aromatic N) is 1. The minimum absolute atomic E-state index is 0.0465. The van der Waals surface area contributed by atoms with Gasteiger partial charge in [-0.2, -0.15) is 0 Å². The lowest BCUT2D eigenvalue weighted by atomic mass is 9.73. The number of carbonyl (C=O) groups is 1. The molecule has 0 aromatic rings. The highest BCUT2D eigenvalue weighted by atomic mass is 16.6. The number of aliphatic hydroxyl groups is 3. The summed E-state index contributed by atoms with van der Waals surface area (Å²) in [5.74, 6) is 3.82. The average Bonchev–Trinajstić information content (AvgIpc) is 2.57. The Kier molecular flexibility index (Phi) is 8.23. The van der Waals surface area contributed by atoms with E-state index in [0.29, 0.717) is 13.0 Å². The highest BCUT2D eigenvalue weighted by molar-refractivity contribution is 5.72. The van der Waals surface area contributed by atoms with Crippen LogP contribution in [0.2, 0.25) is 0 Å². The van der Waals surface area contributed by atoms with Crippen LogP contribution >= 0.6 is 0 Å². The average molecular weight is 391 g/mol. The molecule has 1 fully saturated rings. The van der Waals surface area contributed by atoms with Crippen molar-refractivity contribution in [3.8, 4) is 0 Å². The number of aliphatic hydroxyl groups excluding tert-OH is 1. The Labute approximate surface area is 162 Å². The quantitative estimate of drug-likeness (QED) is 0.376. The van der Waals surface area contributed by atoms with Crippen LogP contribution in [0.15, 0.2) is 0 Å². The van der Waals surface area contributed by atoms with Crippen LogP contribution in [0.3, 0.4) is 0 Å². The van der Waals surface area contributed by atoms with Crippen molar-refractivity contribution >= 4 is 5.97 Å². The van der Waals surface area contributed by atoms with Crippen LogP contribution in [0, 0.1) is 23.7 Å². The van der Waals surface area contributed by atoms with Gasteiger partial charge in [0, 0.05) is 6.54 Å². The second-order valence-corrected chi connectivity index (χ2v) is 8.98. The van der Waals surface area contributed by atoms with Gasteiger partial charge < -0.3 is 24.9 Å². The molecule has 0 aromatic carbocycles. The highest BCUT2D eigenvalue weighted by Gasteiger charge is 2.43. The zero-order valence-electron chi connectivity index (χ0n) is 17.7. The highest BCUT2D eigenvalue weighted by Crippen LogP contribution is 2.35. The number of nitrogens with two attached hydrogens (primary N) is 1. The van der Waals surface area contributed by atoms with Gasteiger partial charge in [-0.1, -0.05) is 20.8 Å². The lowest BCUT2D eigenvalue weighted by molar-refractivity contribution is -0.186. The fourth-order valence-corrected chi connectivity index (χ4v) is 4.13. The topological polar surface area (TPSA) is 125 Å². The summed E-state index contributed by atoms with van der Waals surface area (Å²) >= 11 is 0. The molecule has 0 aromatic heterocycles. The minimum Gasteiger partial charge on any atom is -0.462 e. The number of likely N-dealkylation sites (N-methyl/N-ethyl adjacent to an activating group) is 1. The maximum absolute atomic E-state index is 12.5. The summed E-state index contributed by atoms with van der Waals surface area (Å²) in [4.78, 5) is 19.2. The first kappa shape index (κ1) is 24.3. The van der Waals surface area contributed by atoms with Crippen molar-refractivity contribution in [1.82, 2.24) is 4.90 Å². The van der Waals surface area contributed by atoms with Crippen LogP contribution in [-0.4, -0.2) is 69.9 Å². The van der Waals surface area contributed by atoms with Crippen LogP contribution in [0.1, 0.15) is 48.0 Å². The Morgan fingerprint density at radius 3 is 2.26 bits per heavy atom. The maximum atomic E-state index is 12.5. The summed E-state index contributed by atoms with van der Waals surface area (Å²) < 4.78 is 5.25. The summed E-state index contributed by atoms with van der Waals surface area (Å²) in [6, 6.07) is 0. The Morgan fingerprint density at radius 2 is 1.74 bits per heavy atom. The van der Waals surface area contributed by atoms with Crippen molar-refractivity contribution in [2.24, 2.45) is 29.6 Å². The zero-order valence-corrected chi connectivity index (χ0v) is 17.7. The minimum atomic E-state index is -1.64. The molecule has 8 nitrogen and oxygen atoms in total. The van der Waals surface area contributed by atoms with E-state index in [1.165, 1.54) is 6.92 Å². The molecule has 0 radical (unpaired) electrons. The van der Waals surface area contributed by atoms with Crippen LogP contribution in [0.4, 0.5) is 0 Å². The third kappa shape index (κ3) is 5.85. The third-order valence-corrected chi connectivity index (χ3v) is 6.15. The van der Waals surface area contributed by atoms with E-state index in [2.05, 4.69) is 0 Å². The predicted molar refractivity (Wildman–Crippen MR) is 101 cm³/mol. The molecular weight excluding hydrogens is 352 g/mol. The van der Waals surface area contributed by atoms with Gasteiger partial charge >= 0.3 is 5.97 Å². The summed E-state index contributed by atoms with van der Waals surface area (Å²) in [6.45, 7) is 10.7. The van der Waals surface area contributed by atoms with Gasteiger partial charge in [0.2, 0.25) is 0 Å². The molecule has 1 rings (SSSR count). The Morgan fingerprint density at radius 1 is 1.19 bits per heavy atom. The fourth-order valence-electron chi connectivity index (χ4n) is 4.13. The first-order chi connectivity index (χ1) is 12.2. The number of carbonyl (C=O) groups excluding carboxylic acids is 1. The van der Waals surface area contributed by atoms with E-state index in [0.717, 1.165) is 0 Å². The second kappa shape index (κ2) is 9.15. The molecular formula is C19H38N2O6. The Balaban J connectivity index is 3.22. The van der Waals surface area contributed by atoms with Crippen LogP contribution in [0.25, 0.3) is 0 Å². The van der Waals surface area contributed by atoms with Crippen molar-refractivity contribution in [3.05, 3.63) is 0 Å². The van der Waals surface area contributed by atoms with E-state index >= 15 is 0 Å². The Bertz CT molecular complexity index is 499. The number of ether oxygens (including phenoxy) is 1. The molecule has 0 amide bonds. The van der Waals surface area contributed by atoms with E-state index in [-0.39, 0.29) is 24.4 Å². The lowest BCUT2D eigenvalue weighted by Gasteiger charge is -2.42. The predicted octanol–water partition coefficient (Wildman–Crippen LogP) is 0.489. The number of cyclic esters (lactones) is 1. The third-order valence-electron chi connectivity index (χ3n) is 6.15. The summed E-state index contributed by atoms with van der Waals surface area (Å²) in [5, 5.41) is 32.1. The van der Waals surface area contributed by atoms with E-state index in [4.69, 9.17) is 15.5 Å². The molecule has 8 atom stereocenters. The SMILES string of the molecule is CC1C(=O)OC[C@@](C)(O)C(O)N(C)C[C@H](C)C[C@@](C)(O)[C@H](C)[C@@H](C)[C@@H]1ON. The van der Waals surface area contributed by atoms with Crippen molar-refractivity contribution in [2.45, 2.75) is 71.5 Å². The van der Waals surface area contributed by atoms with Gasteiger partial charge in [-0.25, -0.2) is 5.90 Å². The van der Waals surface area contributed by atoms with Gasteiger partial charge in [-0.3, -0.25) is 9.69 Å². The van der Waals surface area contributed by atoms with Crippen LogP contribution in [0.5, 0.6) is 0 Å². The molecule has 0 spiro atoms. The first-order valence-corrected chi connectivity index (χ1v) is 9.59. The van der Waals surface area contributed by atoms with E-state index in [1.807, 2.05) is 20.8 Å². The number of hydrogen-bond acceptors (Lipinski definition) is 8. The number of esters is 1.